The molecule has 0 saturated heterocycles. The lowest BCUT2D eigenvalue weighted by molar-refractivity contribution is 0.137. The summed E-state index contributed by atoms with van der Waals surface area (Å²) in [6.45, 7) is 0.420. The molecule has 2 aromatic rings. The van der Waals surface area contributed by atoms with Crippen molar-refractivity contribution in [2.75, 3.05) is 38.0 Å². The van der Waals surface area contributed by atoms with Crippen molar-refractivity contribution in [1.82, 2.24) is 20.2 Å². The van der Waals surface area contributed by atoms with Gasteiger partial charge in [0.1, 0.15) is 5.82 Å². The second-order valence-corrected chi connectivity index (χ2v) is 6.48. The monoisotopic (exact) mass is 350 g/mol. The van der Waals surface area contributed by atoms with Gasteiger partial charge >= 0.3 is 0 Å². The van der Waals surface area contributed by atoms with Crippen molar-refractivity contribution in [1.29, 1.82) is 0 Å². The quantitative estimate of drug-likeness (QED) is 0.724. The maximum absolute atomic E-state index is 13.8. The van der Waals surface area contributed by atoms with Crippen LogP contribution in [0.5, 0.6) is 5.88 Å². The van der Waals surface area contributed by atoms with E-state index in [1.807, 2.05) is 19.0 Å². The number of nitrogens with one attached hydrogen (secondary N) is 2. The molecule has 0 unspecified atom stereocenters. The van der Waals surface area contributed by atoms with E-state index < -0.39 is 11.9 Å². The number of rotatable bonds is 6. The summed E-state index contributed by atoms with van der Waals surface area (Å²) < 4.78 is 18.8. The van der Waals surface area contributed by atoms with Crippen LogP contribution in [0.2, 0.25) is 0 Å². The third-order valence-corrected chi connectivity index (χ3v) is 4.50. The first kappa shape index (κ1) is 17.4. The summed E-state index contributed by atoms with van der Waals surface area (Å²) in [6, 6.07) is 2.77. The molecule has 0 radical (unpaired) electrons. The highest BCUT2D eigenvalue weighted by atomic mass is 19.1. The van der Waals surface area contributed by atoms with Gasteiger partial charge in [-0.25, -0.2) is 4.39 Å². The molecule has 2 aromatic heterocycles. The highest BCUT2D eigenvalue weighted by Crippen LogP contribution is 2.37. The average Bonchev–Trinajstić information content (AvgIpc) is 3.21. The number of aromatic nitrogens is 4. The Morgan fingerprint density at radius 1 is 1.36 bits per heavy atom. The number of hydrogen-bond acceptors (Lipinski definition) is 7. The largest absolute Gasteiger partial charge is 0.481 e. The predicted molar refractivity (Wildman–Crippen MR) is 91.4 cm³/mol. The minimum Gasteiger partial charge on any atom is -0.481 e. The van der Waals surface area contributed by atoms with Gasteiger partial charge in [-0.15, -0.1) is 5.10 Å². The van der Waals surface area contributed by atoms with Crippen LogP contribution >= 0.6 is 0 Å². The molecular weight excluding hydrogens is 327 g/mol. The summed E-state index contributed by atoms with van der Waals surface area (Å²) in [6.07, 6.45) is 0.851. The van der Waals surface area contributed by atoms with Crippen LogP contribution in [0.3, 0.4) is 0 Å². The number of methoxy groups -OCH3 is 1. The summed E-state index contributed by atoms with van der Waals surface area (Å²) in [5.41, 5.74) is 0. The molecular formula is C16H23FN6O2. The van der Waals surface area contributed by atoms with Gasteiger partial charge < -0.3 is 20.1 Å². The van der Waals surface area contributed by atoms with Crippen LogP contribution in [0, 0.1) is 11.7 Å². The fraction of sp³-hybridized carbons (Fsp3) is 0.562. The number of pyridine rings is 1. The van der Waals surface area contributed by atoms with E-state index in [2.05, 4.69) is 25.5 Å². The summed E-state index contributed by atoms with van der Waals surface area (Å²) >= 11 is 0. The highest BCUT2D eigenvalue weighted by Gasteiger charge is 2.35. The van der Waals surface area contributed by atoms with E-state index in [0.717, 1.165) is 12.2 Å². The summed E-state index contributed by atoms with van der Waals surface area (Å²) in [7, 11) is 5.23. The van der Waals surface area contributed by atoms with Crippen LogP contribution in [0.15, 0.2) is 12.1 Å². The second kappa shape index (κ2) is 7.22. The summed E-state index contributed by atoms with van der Waals surface area (Å²) in [5, 5.41) is 20.4. The van der Waals surface area contributed by atoms with Crippen molar-refractivity contribution >= 4 is 11.8 Å². The number of hydrogen-bond donors (Lipinski definition) is 3. The number of aliphatic hydroxyl groups excluding tert-OH is 1. The minimum atomic E-state index is -0.487. The first-order valence-electron chi connectivity index (χ1n) is 8.20. The number of aromatic amines is 1. The first-order valence-corrected chi connectivity index (χ1v) is 8.20. The Hall–Kier alpha value is -2.42. The molecule has 1 fully saturated rings. The normalized spacial score (nSPS) is 22.8. The van der Waals surface area contributed by atoms with Gasteiger partial charge in [0.25, 0.3) is 0 Å². The number of aliphatic hydroxyl groups is 1. The predicted octanol–water partition coefficient (Wildman–Crippen LogP) is 1.38. The molecule has 136 valence electrons. The smallest absolute Gasteiger partial charge is 0.244 e. The Morgan fingerprint density at radius 3 is 2.84 bits per heavy atom. The van der Waals surface area contributed by atoms with Gasteiger partial charge in [-0.2, -0.15) is 9.97 Å². The van der Waals surface area contributed by atoms with Crippen molar-refractivity contribution in [2.45, 2.75) is 24.9 Å². The molecule has 0 spiro atoms. The number of H-pyrrole nitrogens is 1. The Bertz CT molecular complexity index is 722. The van der Waals surface area contributed by atoms with Gasteiger partial charge in [0, 0.05) is 38.5 Å². The van der Waals surface area contributed by atoms with Gasteiger partial charge in [0.2, 0.25) is 11.8 Å². The lowest BCUT2D eigenvalue weighted by Gasteiger charge is -2.16. The van der Waals surface area contributed by atoms with Gasteiger partial charge in [-0.1, -0.05) is 0 Å². The van der Waals surface area contributed by atoms with Gasteiger partial charge in [0.05, 0.1) is 13.2 Å². The minimum absolute atomic E-state index is 0.0229. The zero-order valence-corrected chi connectivity index (χ0v) is 14.5. The van der Waals surface area contributed by atoms with Crippen LogP contribution in [0.4, 0.5) is 16.2 Å². The van der Waals surface area contributed by atoms with E-state index in [1.54, 1.807) is 0 Å². The number of ether oxygens (including phenoxy) is 1. The van der Waals surface area contributed by atoms with Crippen molar-refractivity contribution in [3.8, 4) is 5.88 Å². The molecule has 0 amide bonds. The fourth-order valence-electron chi connectivity index (χ4n) is 3.08. The lowest BCUT2D eigenvalue weighted by atomic mass is 10.0. The lowest BCUT2D eigenvalue weighted by Crippen LogP contribution is -2.22. The number of anilines is 2. The zero-order chi connectivity index (χ0) is 18.0. The van der Waals surface area contributed by atoms with E-state index in [4.69, 9.17) is 4.74 Å². The molecule has 0 bridgehead atoms. The van der Waals surface area contributed by atoms with Crippen molar-refractivity contribution in [3.05, 3.63) is 23.8 Å². The molecule has 9 heteroatoms. The van der Waals surface area contributed by atoms with Crippen molar-refractivity contribution in [2.24, 2.45) is 5.92 Å². The Labute approximate surface area is 145 Å². The molecule has 25 heavy (non-hydrogen) atoms. The summed E-state index contributed by atoms with van der Waals surface area (Å²) in [4.78, 5) is 10.3. The van der Waals surface area contributed by atoms with E-state index >= 15 is 0 Å². The number of halogens is 1. The zero-order valence-electron chi connectivity index (χ0n) is 14.5. The maximum atomic E-state index is 13.8. The fourth-order valence-corrected chi connectivity index (χ4v) is 3.08. The molecule has 3 atom stereocenters. The third kappa shape index (κ3) is 3.81. The number of nitrogens with zero attached hydrogens (tertiary/aromatic N) is 4. The molecule has 1 saturated carbocycles. The maximum Gasteiger partial charge on any atom is 0.244 e. The van der Waals surface area contributed by atoms with E-state index in [1.165, 1.54) is 19.2 Å². The van der Waals surface area contributed by atoms with E-state index in [9.17, 15) is 9.50 Å². The molecule has 2 heterocycles. The molecule has 3 rings (SSSR count). The molecule has 8 nitrogen and oxygen atoms in total. The molecule has 0 aliphatic heterocycles. The topological polar surface area (TPSA) is 99.2 Å². The second-order valence-electron chi connectivity index (χ2n) is 6.48. The highest BCUT2D eigenvalue weighted by molar-refractivity contribution is 5.39. The van der Waals surface area contributed by atoms with E-state index in [-0.39, 0.29) is 17.7 Å². The standard InChI is InChI=1S/C16H23FN6O2/c1-23(2)16-20-14(21-22-16)9-6-10(12(24)7-9)8-18-15-11(17)4-5-13(19-15)25-3/h4-5,9-10,12,24H,6-8H2,1-3H3,(H,18,19)(H,20,21,22)/t9-,10+,12+/m0/s1. The first-order chi connectivity index (χ1) is 12.0. The van der Waals surface area contributed by atoms with Crippen molar-refractivity contribution in [3.63, 3.8) is 0 Å². The molecule has 3 N–H and O–H groups in total. The Kier molecular flexibility index (Phi) is 5.03. The van der Waals surface area contributed by atoms with Crippen LogP contribution in [-0.2, 0) is 0 Å². The van der Waals surface area contributed by atoms with Gasteiger partial charge in [0.15, 0.2) is 11.6 Å². The third-order valence-electron chi connectivity index (χ3n) is 4.50. The van der Waals surface area contributed by atoms with Gasteiger partial charge in [-0.3, -0.25) is 5.10 Å². The average molecular weight is 350 g/mol. The molecule has 1 aliphatic rings. The Morgan fingerprint density at radius 2 is 2.16 bits per heavy atom. The van der Waals surface area contributed by atoms with Gasteiger partial charge in [-0.05, 0) is 18.9 Å². The van der Waals surface area contributed by atoms with E-state index in [0.29, 0.717) is 24.8 Å². The van der Waals surface area contributed by atoms with Crippen LogP contribution in [0.25, 0.3) is 0 Å². The van der Waals surface area contributed by atoms with Crippen LogP contribution in [0.1, 0.15) is 24.6 Å². The molecule has 1 aliphatic carbocycles. The van der Waals surface area contributed by atoms with Crippen LogP contribution < -0.4 is 15.0 Å². The summed E-state index contributed by atoms with van der Waals surface area (Å²) in [5.74, 6) is 1.49. The molecule has 0 aromatic carbocycles. The van der Waals surface area contributed by atoms with Crippen LogP contribution in [-0.4, -0.2) is 59.1 Å². The Balaban J connectivity index is 1.62. The van der Waals surface area contributed by atoms with Crippen molar-refractivity contribution < 1.29 is 14.2 Å². The SMILES string of the molecule is COc1ccc(F)c(NC[C@H]2C[C@H](c3nc(N(C)C)n[nH]3)C[C@H]2O)n1.